The Morgan fingerprint density at radius 3 is 2.32 bits per heavy atom. The highest BCUT2D eigenvalue weighted by atomic mass is 16.3. The highest BCUT2D eigenvalue weighted by Gasteiger charge is 2.17. The molecule has 0 saturated heterocycles. The average molecular weight is 449 g/mol. The van der Waals surface area contributed by atoms with Crippen LogP contribution in [0.3, 0.4) is 0 Å². The van der Waals surface area contributed by atoms with Gasteiger partial charge in [-0.15, -0.1) is 0 Å². The second kappa shape index (κ2) is 9.89. The summed E-state index contributed by atoms with van der Waals surface area (Å²) in [5.41, 5.74) is 10.8. The van der Waals surface area contributed by atoms with Crippen LogP contribution in [0.25, 0.3) is 33.2 Å². The van der Waals surface area contributed by atoms with Gasteiger partial charge in [-0.05, 0) is 95.7 Å². The molecule has 0 saturated carbocycles. The topological polar surface area (TPSA) is 13.1 Å². The molecule has 174 valence electrons. The van der Waals surface area contributed by atoms with E-state index in [9.17, 15) is 0 Å². The van der Waals surface area contributed by atoms with Crippen molar-refractivity contribution in [3.63, 3.8) is 0 Å². The summed E-state index contributed by atoms with van der Waals surface area (Å²) >= 11 is 0. The molecule has 0 N–H and O–H groups in total. The van der Waals surface area contributed by atoms with Crippen LogP contribution in [0.2, 0.25) is 0 Å². The zero-order valence-electron chi connectivity index (χ0n) is 21.2. The average Bonchev–Trinajstić information content (AvgIpc) is 3.24. The number of rotatable bonds is 8. The molecule has 3 aromatic carbocycles. The highest BCUT2D eigenvalue weighted by molar-refractivity contribution is 5.85. The summed E-state index contributed by atoms with van der Waals surface area (Å²) in [5.74, 6) is 1.76. The first-order chi connectivity index (χ1) is 16.2. The molecule has 1 atom stereocenters. The molecule has 1 heteroatoms. The third kappa shape index (κ3) is 5.09. The molecular formula is C33H36O. The van der Waals surface area contributed by atoms with Gasteiger partial charge in [0.05, 0.1) is 0 Å². The van der Waals surface area contributed by atoms with Gasteiger partial charge in [-0.2, -0.15) is 0 Å². The Kier molecular flexibility index (Phi) is 6.93. The number of benzene rings is 3. The first-order valence-corrected chi connectivity index (χ1v) is 12.3. The van der Waals surface area contributed by atoms with Crippen LogP contribution in [0.1, 0.15) is 55.2 Å². The van der Waals surface area contributed by atoms with E-state index in [1.807, 2.05) is 0 Å². The van der Waals surface area contributed by atoms with Gasteiger partial charge >= 0.3 is 0 Å². The van der Waals surface area contributed by atoms with Crippen molar-refractivity contribution in [3.8, 4) is 11.1 Å². The van der Waals surface area contributed by atoms with Gasteiger partial charge in [0.15, 0.2) is 0 Å². The van der Waals surface area contributed by atoms with Crippen LogP contribution in [0.4, 0.5) is 0 Å². The summed E-state index contributed by atoms with van der Waals surface area (Å²) in [7, 11) is 0. The first-order valence-electron chi connectivity index (χ1n) is 12.3. The lowest BCUT2D eigenvalue weighted by Gasteiger charge is -2.19. The van der Waals surface area contributed by atoms with Crippen LogP contribution in [0.5, 0.6) is 0 Å². The lowest BCUT2D eigenvalue weighted by molar-refractivity contribution is 0.584. The molecule has 0 amide bonds. The van der Waals surface area contributed by atoms with Crippen LogP contribution in [0, 0.1) is 25.7 Å². The van der Waals surface area contributed by atoms with Gasteiger partial charge in [0.1, 0.15) is 11.3 Å². The van der Waals surface area contributed by atoms with Crippen LogP contribution in [0.15, 0.2) is 84.3 Å². The summed E-state index contributed by atoms with van der Waals surface area (Å²) in [6.45, 7) is 19.8. The second-order valence-corrected chi connectivity index (χ2v) is 10.2. The Morgan fingerprint density at radius 1 is 0.853 bits per heavy atom. The molecule has 4 aromatic rings. The molecule has 0 aliphatic carbocycles. The number of fused-ring (bicyclic) bond motifs is 1. The minimum absolute atomic E-state index is 0.300. The zero-order chi connectivity index (χ0) is 24.4. The third-order valence-corrected chi connectivity index (χ3v) is 6.71. The maximum atomic E-state index is 6.17. The summed E-state index contributed by atoms with van der Waals surface area (Å²) in [4.78, 5) is 0. The minimum Gasteiger partial charge on any atom is -0.456 e. The smallest absolute Gasteiger partial charge is 0.135 e. The van der Waals surface area contributed by atoms with Gasteiger partial charge in [-0.1, -0.05) is 88.0 Å². The molecule has 0 fully saturated rings. The van der Waals surface area contributed by atoms with Crippen molar-refractivity contribution < 1.29 is 4.42 Å². The van der Waals surface area contributed by atoms with E-state index in [4.69, 9.17) is 4.42 Å². The Hall–Kier alpha value is -3.32. The normalized spacial score (nSPS) is 12.3. The van der Waals surface area contributed by atoms with E-state index in [0.717, 1.165) is 29.8 Å². The van der Waals surface area contributed by atoms with Crippen molar-refractivity contribution >= 4 is 22.1 Å². The molecular weight excluding hydrogens is 412 g/mol. The number of hydrogen-bond acceptors (Lipinski definition) is 1. The van der Waals surface area contributed by atoms with Crippen LogP contribution >= 0.6 is 0 Å². The molecule has 0 unspecified atom stereocenters. The molecule has 4 rings (SSSR count). The van der Waals surface area contributed by atoms with Crippen LogP contribution < -0.4 is 0 Å². The number of hydrogen-bond donors (Lipinski definition) is 0. The summed E-state index contributed by atoms with van der Waals surface area (Å²) in [5, 5.41) is 1.19. The van der Waals surface area contributed by atoms with Crippen molar-refractivity contribution in [2.75, 3.05) is 0 Å². The van der Waals surface area contributed by atoms with E-state index < -0.39 is 0 Å². The predicted octanol–water partition coefficient (Wildman–Crippen LogP) is 9.67. The maximum absolute atomic E-state index is 6.17. The van der Waals surface area contributed by atoms with Gasteiger partial charge in [-0.25, -0.2) is 0 Å². The molecule has 34 heavy (non-hydrogen) atoms. The van der Waals surface area contributed by atoms with Crippen LogP contribution in [-0.4, -0.2) is 0 Å². The van der Waals surface area contributed by atoms with E-state index >= 15 is 0 Å². The molecule has 1 nitrogen and oxygen atoms in total. The summed E-state index contributed by atoms with van der Waals surface area (Å²) in [6.07, 6.45) is 1.86. The predicted molar refractivity (Wildman–Crippen MR) is 148 cm³/mol. The molecule has 0 radical (unpaired) electrons. The Bertz CT molecular complexity index is 1350. The standard InChI is InChI=1S/C33H36O/c1-21(2)16-25(6)33-20-31-29(12-9-13-32(31)34-33)18-24(5)26(7)30-19-28(15-14-23(30)4)27-11-8-10-22(3)17-27/h8-15,17,19-21,24H,6-7,16,18H2,1-5H3/t24-/m0/s1. The zero-order valence-corrected chi connectivity index (χ0v) is 21.2. The van der Waals surface area contributed by atoms with E-state index in [1.165, 1.54) is 44.3 Å². The van der Waals surface area contributed by atoms with Crippen molar-refractivity contribution in [1.82, 2.24) is 0 Å². The van der Waals surface area contributed by atoms with E-state index in [2.05, 4.69) is 115 Å². The molecule has 0 spiro atoms. The maximum Gasteiger partial charge on any atom is 0.135 e. The fourth-order valence-corrected chi connectivity index (χ4v) is 4.76. The molecule has 0 aliphatic rings. The largest absolute Gasteiger partial charge is 0.456 e. The van der Waals surface area contributed by atoms with E-state index in [0.29, 0.717) is 11.8 Å². The molecule has 1 heterocycles. The van der Waals surface area contributed by atoms with Gasteiger partial charge in [-0.3, -0.25) is 0 Å². The Labute approximate surface area is 204 Å². The summed E-state index contributed by atoms with van der Waals surface area (Å²) < 4.78 is 6.17. The van der Waals surface area contributed by atoms with Gasteiger partial charge in [0.25, 0.3) is 0 Å². The highest BCUT2D eigenvalue weighted by Crippen LogP contribution is 2.34. The van der Waals surface area contributed by atoms with Crippen molar-refractivity contribution in [1.29, 1.82) is 0 Å². The monoisotopic (exact) mass is 448 g/mol. The lowest BCUT2D eigenvalue weighted by atomic mass is 9.86. The minimum atomic E-state index is 0.300. The van der Waals surface area contributed by atoms with Crippen molar-refractivity contribution in [3.05, 3.63) is 108 Å². The Morgan fingerprint density at radius 2 is 1.59 bits per heavy atom. The van der Waals surface area contributed by atoms with Crippen molar-refractivity contribution in [2.24, 2.45) is 11.8 Å². The molecule has 0 aliphatic heterocycles. The van der Waals surface area contributed by atoms with Gasteiger partial charge in [0.2, 0.25) is 0 Å². The van der Waals surface area contributed by atoms with Gasteiger partial charge < -0.3 is 4.42 Å². The summed E-state index contributed by atoms with van der Waals surface area (Å²) in [6, 6.07) is 23.9. The molecule has 0 bridgehead atoms. The quantitative estimate of drug-likeness (QED) is 0.261. The first kappa shape index (κ1) is 23.8. The van der Waals surface area contributed by atoms with Crippen molar-refractivity contribution in [2.45, 2.75) is 47.5 Å². The fourth-order valence-electron chi connectivity index (χ4n) is 4.76. The number of allylic oxidation sites excluding steroid dienone is 2. The Balaban J connectivity index is 1.60. The lowest BCUT2D eigenvalue weighted by Crippen LogP contribution is -2.04. The number of aryl methyl sites for hydroxylation is 2. The van der Waals surface area contributed by atoms with Gasteiger partial charge in [0, 0.05) is 5.39 Å². The second-order valence-electron chi connectivity index (χ2n) is 10.2. The van der Waals surface area contributed by atoms with E-state index in [1.54, 1.807) is 0 Å². The fraction of sp³-hybridized carbons (Fsp3) is 0.273. The third-order valence-electron chi connectivity index (χ3n) is 6.71. The number of furan rings is 1. The SMILES string of the molecule is C=C(CC(C)C)c1cc2c(C[C@H](C)C(=C)c3cc(-c4cccc(C)c4)ccc3C)cccc2o1. The van der Waals surface area contributed by atoms with E-state index in [-0.39, 0.29) is 0 Å². The van der Waals surface area contributed by atoms with Crippen LogP contribution in [-0.2, 0) is 6.42 Å². The molecule has 1 aromatic heterocycles.